The number of hydrogen-bond donors (Lipinski definition) is 1. The van der Waals surface area contributed by atoms with Crippen molar-refractivity contribution in [1.82, 2.24) is 5.32 Å². The third kappa shape index (κ3) is 3.31. The monoisotopic (exact) mass is 285 g/mol. The minimum Gasteiger partial charge on any atom is -0.307 e. The first kappa shape index (κ1) is 13.8. The molecule has 20 heavy (non-hydrogen) atoms. The lowest BCUT2D eigenvalue weighted by Crippen LogP contribution is -2.34. The van der Waals surface area contributed by atoms with Crippen LogP contribution < -0.4 is 5.32 Å². The summed E-state index contributed by atoms with van der Waals surface area (Å²) >= 11 is 1.85. The maximum absolute atomic E-state index is 3.80. The SMILES string of the molecule is C[C@@H](NC1CCC(c2ccccc2)CC1)c1cccs1. The van der Waals surface area contributed by atoms with Crippen LogP contribution in [0.2, 0.25) is 0 Å². The van der Waals surface area contributed by atoms with Gasteiger partial charge in [-0.3, -0.25) is 0 Å². The summed E-state index contributed by atoms with van der Waals surface area (Å²) in [5, 5.41) is 5.97. The molecular formula is C18H23NS. The van der Waals surface area contributed by atoms with Gasteiger partial charge in [-0.15, -0.1) is 11.3 Å². The second-order valence-corrected chi connectivity index (χ2v) is 6.84. The largest absolute Gasteiger partial charge is 0.307 e. The minimum atomic E-state index is 0.494. The molecule has 0 bridgehead atoms. The van der Waals surface area contributed by atoms with Crippen LogP contribution in [0.5, 0.6) is 0 Å². The Kier molecular flexibility index (Phi) is 4.54. The van der Waals surface area contributed by atoms with Gasteiger partial charge in [0.2, 0.25) is 0 Å². The van der Waals surface area contributed by atoms with Crippen molar-refractivity contribution >= 4 is 11.3 Å². The zero-order valence-electron chi connectivity index (χ0n) is 12.1. The molecule has 0 aliphatic heterocycles. The summed E-state index contributed by atoms with van der Waals surface area (Å²) in [6.07, 6.45) is 5.24. The van der Waals surface area contributed by atoms with E-state index in [1.54, 1.807) is 0 Å². The number of benzene rings is 1. The highest BCUT2D eigenvalue weighted by atomic mass is 32.1. The van der Waals surface area contributed by atoms with E-state index in [-0.39, 0.29) is 0 Å². The zero-order chi connectivity index (χ0) is 13.8. The van der Waals surface area contributed by atoms with E-state index in [0.29, 0.717) is 12.1 Å². The lowest BCUT2D eigenvalue weighted by atomic mass is 9.81. The van der Waals surface area contributed by atoms with Gasteiger partial charge in [0.15, 0.2) is 0 Å². The number of nitrogens with one attached hydrogen (secondary N) is 1. The molecule has 0 radical (unpaired) electrons. The molecular weight excluding hydrogens is 262 g/mol. The van der Waals surface area contributed by atoms with E-state index in [1.165, 1.54) is 36.1 Å². The van der Waals surface area contributed by atoms with Crippen LogP contribution in [0.3, 0.4) is 0 Å². The van der Waals surface area contributed by atoms with Gasteiger partial charge in [-0.1, -0.05) is 36.4 Å². The molecule has 1 heterocycles. The van der Waals surface area contributed by atoms with E-state index < -0.39 is 0 Å². The Bertz CT molecular complexity index is 497. The third-order valence-electron chi connectivity index (χ3n) is 4.45. The molecule has 2 heteroatoms. The van der Waals surface area contributed by atoms with Crippen molar-refractivity contribution in [2.75, 3.05) is 0 Å². The van der Waals surface area contributed by atoms with E-state index in [9.17, 15) is 0 Å². The molecule has 0 unspecified atom stereocenters. The molecule has 1 atom stereocenters. The Hall–Kier alpha value is -1.12. The summed E-state index contributed by atoms with van der Waals surface area (Å²) in [4.78, 5) is 1.45. The first-order valence-electron chi connectivity index (χ1n) is 7.67. The van der Waals surface area contributed by atoms with E-state index >= 15 is 0 Å². The number of thiophene rings is 1. The molecule has 0 spiro atoms. The summed E-state index contributed by atoms with van der Waals surface area (Å²) in [5.41, 5.74) is 1.53. The van der Waals surface area contributed by atoms with E-state index in [1.807, 2.05) is 11.3 Å². The summed E-state index contributed by atoms with van der Waals surface area (Å²) in [6.45, 7) is 2.29. The lowest BCUT2D eigenvalue weighted by molar-refractivity contribution is 0.323. The summed E-state index contributed by atoms with van der Waals surface area (Å²) in [6, 6.07) is 16.6. The fourth-order valence-corrected chi connectivity index (χ4v) is 4.04. The van der Waals surface area contributed by atoms with Gasteiger partial charge in [0, 0.05) is 17.0 Å². The molecule has 106 valence electrons. The topological polar surface area (TPSA) is 12.0 Å². The van der Waals surface area contributed by atoms with Gasteiger partial charge < -0.3 is 5.32 Å². The Morgan fingerprint density at radius 2 is 1.75 bits per heavy atom. The van der Waals surface area contributed by atoms with Gasteiger partial charge in [0.05, 0.1) is 0 Å². The Balaban J connectivity index is 1.51. The lowest BCUT2D eigenvalue weighted by Gasteiger charge is -2.31. The third-order valence-corrected chi connectivity index (χ3v) is 5.51. The minimum absolute atomic E-state index is 0.494. The molecule has 3 rings (SSSR count). The van der Waals surface area contributed by atoms with Crippen LogP contribution in [0.15, 0.2) is 47.8 Å². The average Bonchev–Trinajstić information content (AvgIpc) is 3.03. The fourth-order valence-electron chi connectivity index (χ4n) is 3.29. The predicted octanol–water partition coefficient (Wildman–Crippen LogP) is 5.13. The van der Waals surface area contributed by atoms with E-state index in [4.69, 9.17) is 0 Å². The molecule has 1 aliphatic rings. The Morgan fingerprint density at radius 1 is 1.00 bits per heavy atom. The number of hydrogen-bond acceptors (Lipinski definition) is 2. The van der Waals surface area contributed by atoms with Crippen molar-refractivity contribution in [3.8, 4) is 0 Å². The first-order valence-corrected chi connectivity index (χ1v) is 8.55. The quantitative estimate of drug-likeness (QED) is 0.821. The van der Waals surface area contributed by atoms with E-state index in [0.717, 1.165) is 5.92 Å². The van der Waals surface area contributed by atoms with Crippen LogP contribution in [0.4, 0.5) is 0 Å². The maximum Gasteiger partial charge on any atom is 0.0388 e. The smallest absolute Gasteiger partial charge is 0.0388 e. The molecule has 1 aliphatic carbocycles. The normalized spacial score (nSPS) is 24.4. The van der Waals surface area contributed by atoms with E-state index in [2.05, 4.69) is 60.1 Å². The van der Waals surface area contributed by atoms with Crippen LogP contribution in [0.25, 0.3) is 0 Å². The average molecular weight is 285 g/mol. The highest BCUT2D eigenvalue weighted by Crippen LogP contribution is 2.33. The Labute approximate surface area is 126 Å². The van der Waals surface area contributed by atoms with Gasteiger partial charge in [-0.05, 0) is 55.5 Å². The van der Waals surface area contributed by atoms with Crippen molar-refractivity contribution < 1.29 is 0 Å². The van der Waals surface area contributed by atoms with Crippen molar-refractivity contribution in [2.24, 2.45) is 0 Å². The van der Waals surface area contributed by atoms with Crippen LogP contribution in [-0.4, -0.2) is 6.04 Å². The van der Waals surface area contributed by atoms with Crippen molar-refractivity contribution in [1.29, 1.82) is 0 Å². The highest BCUT2D eigenvalue weighted by Gasteiger charge is 2.23. The van der Waals surface area contributed by atoms with Crippen molar-refractivity contribution in [3.05, 3.63) is 58.3 Å². The molecule has 0 amide bonds. The summed E-state index contributed by atoms with van der Waals surface area (Å²) in [5.74, 6) is 0.770. The molecule has 1 fully saturated rings. The number of rotatable bonds is 4. The summed E-state index contributed by atoms with van der Waals surface area (Å²) < 4.78 is 0. The molecule has 1 aromatic heterocycles. The van der Waals surface area contributed by atoms with Gasteiger partial charge in [0.25, 0.3) is 0 Å². The van der Waals surface area contributed by atoms with Gasteiger partial charge in [-0.25, -0.2) is 0 Å². The van der Waals surface area contributed by atoms with Crippen LogP contribution >= 0.6 is 11.3 Å². The molecule has 1 N–H and O–H groups in total. The fraction of sp³-hybridized carbons (Fsp3) is 0.444. The van der Waals surface area contributed by atoms with Crippen LogP contribution in [0.1, 0.15) is 55.0 Å². The summed E-state index contributed by atoms with van der Waals surface area (Å²) in [7, 11) is 0. The maximum atomic E-state index is 3.80. The molecule has 1 nitrogen and oxygen atoms in total. The highest BCUT2D eigenvalue weighted by molar-refractivity contribution is 7.10. The zero-order valence-corrected chi connectivity index (χ0v) is 12.9. The molecule has 2 aromatic rings. The van der Waals surface area contributed by atoms with Crippen LogP contribution in [-0.2, 0) is 0 Å². The molecule has 1 aromatic carbocycles. The van der Waals surface area contributed by atoms with Gasteiger partial charge in [0.1, 0.15) is 0 Å². The van der Waals surface area contributed by atoms with Gasteiger partial charge in [-0.2, -0.15) is 0 Å². The predicted molar refractivity (Wildman–Crippen MR) is 87.3 cm³/mol. The molecule has 1 saturated carbocycles. The van der Waals surface area contributed by atoms with Crippen molar-refractivity contribution in [3.63, 3.8) is 0 Å². The second kappa shape index (κ2) is 6.55. The second-order valence-electron chi connectivity index (χ2n) is 5.86. The molecule has 0 saturated heterocycles. The standard InChI is InChI=1S/C18H23NS/c1-14(18-8-5-13-20-18)19-17-11-9-16(10-12-17)15-6-3-2-4-7-15/h2-8,13-14,16-17,19H,9-12H2,1H3/t14-,16?,17?/m1/s1. The van der Waals surface area contributed by atoms with Gasteiger partial charge >= 0.3 is 0 Å². The first-order chi connectivity index (χ1) is 9.83. The van der Waals surface area contributed by atoms with Crippen LogP contribution in [0, 0.1) is 0 Å². The Morgan fingerprint density at radius 3 is 2.40 bits per heavy atom. The van der Waals surface area contributed by atoms with Crippen molar-refractivity contribution in [2.45, 2.75) is 50.6 Å².